The van der Waals surface area contributed by atoms with E-state index in [2.05, 4.69) is 13.8 Å². The van der Waals surface area contributed by atoms with E-state index in [9.17, 15) is 0 Å². The molecule has 0 saturated heterocycles. The van der Waals surface area contributed by atoms with Gasteiger partial charge in [-0.2, -0.15) is 0 Å². The maximum Gasteiger partial charge on any atom is 0.160 e. The first-order chi connectivity index (χ1) is 6.69. The van der Waals surface area contributed by atoms with Gasteiger partial charge in [-0.3, -0.25) is 0 Å². The lowest BCUT2D eigenvalue weighted by atomic mass is 10.1. The molecule has 0 N–H and O–H groups in total. The predicted molar refractivity (Wildman–Crippen MR) is 67.1 cm³/mol. The van der Waals surface area contributed by atoms with Crippen LogP contribution in [0.1, 0.15) is 32.4 Å². The highest BCUT2D eigenvalue weighted by Crippen LogP contribution is 2.29. The van der Waals surface area contributed by atoms with Gasteiger partial charge in [0.25, 0.3) is 0 Å². The van der Waals surface area contributed by atoms with Gasteiger partial charge in [0.05, 0.1) is 14.2 Å². The van der Waals surface area contributed by atoms with E-state index >= 15 is 0 Å². The molecule has 0 saturated carbocycles. The topological polar surface area (TPSA) is 18.5 Å². The first-order valence-corrected chi connectivity index (χ1v) is 4.88. The molecule has 0 fully saturated rings. The van der Waals surface area contributed by atoms with Gasteiger partial charge in [-0.25, -0.2) is 0 Å². The van der Waals surface area contributed by atoms with E-state index < -0.39 is 0 Å². The minimum absolute atomic E-state index is 0. The summed E-state index contributed by atoms with van der Waals surface area (Å²) in [7, 11) is 3.29. The molecule has 0 aliphatic heterocycles. The molecule has 1 aromatic rings. The summed E-state index contributed by atoms with van der Waals surface area (Å²) >= 11 is 0. The molecule has 0 bridgehead atoms. The molecule has 2 heteroatoms. The van der Waals surface area contributed by atoms with Gasteiger partial charge in [-0.15, -0.1) is 0 Å². The molecule has 0 aromatic heterocycles. The second-order valence-corrected chi connectivity index (χ2v) is 2.79. The van der Waals surface area contributed by atoms with Crippen molar-refractivity contribution < 1.29 is 9.47 Å². The van der Waals surface area contributed by atoms with Gasteiger partial charge in [0.1, 0.15) is 0 Å². The van der Waals surface area contributed by atoms with Crippen molar-refractivity contribution in [1.29, 1.82) is 0 Å². The van der Waals surface area contributed by atoms with Crippen molar-refractivity contribution in [3.63, 3.8) is 0 Å². The highest BCUT2D eigenvalue weighted by atomic mass is 16.5. The Morgan fingerprint density at radius 3 is 1.27 bits per heavy atom. The fraction of sp³-hybridized carbons (Fsp3) is 0.538. The zero-order valence-corrected chi connectivity index (χ0v) is 9.97. The van der Waals surface area contributed by atoms with Crippen LogP contribution in [0.2, 0.25) is 0 Å². The molecule has 0 amide bonds. The fourth-order valence-electron chi connectivity index (χ4n) is 1.08. The number of aryl methyl sites for hydroxylation is 2. The van der Waals surface area contributed by atoms with Crippen LogP contribution in [-0.4, -0.2) is 14.2 Å². The van der Waals surface area contributed by atoms with Gasteiger partial charge in [0.15, 0.2) is 11.5 Å². The molecule has 1 rings (SSSR count). The Balaban J connectivity index is 0. The number of benzene rings is 1. The number of methoxy groups -OCH3 is 2. The van der Waals surface area contributed by atoms with Crippen LogP contribution in [0.3, 0.4) is 0 Å². The molecular weight excluding hydrogens is 188 g/mol. The minimum atomic E-state index is 0. The Morgan fingerprint density at radius 2 is 1.07 bits per heavy atom. The normalized spacial score (nSPS) is 8.13. The van der Waals surface area contributed by atoms with Gasteiger partial charge < -0.3 is 9.47 Å². The number of rotatable bonds is 2. The molecule has 0 aliphatic rings. The molecule has 2 nitrogen and oxygen atoms in total. The smallest absolute Gasteiger partial charge is 0.160 e. The van der Waals surface area contributed by atoms with Gasteiger partial charge in [-0.05, 0) is 37.1 Å². The average molecular weight is 212 g/mol. The third kappa shape index (κ3) is 4.24. The van der Waals surface area contributed by atoms with E-state index in [4.69, 9.17) is 9.47 Å². The van der Waals surface area contributed by atoms with Gasteiger partial charge in [0, 0.05) is 0 Å². The standard InChI is InChI=1S/C10H14O2.C2H6.CH4/c1-7-5-9(11-3)10(12-4)6-8(7)2;1-2;/h5-6H,1-4H3;1-2H3;1H4. The van der Waals surface area contributed by atoms with E-state index in [1.165, 1.54) is 11.1 Å². The second kappa shape index (κ2) is 8.16. The highest BCUT2D eigenvalue weighted by molar-refractivity contribution is 5.46. The van der Waals surface area contributed by atoms with Crippen LogP contribution in [0.5, 0.6) is 11.5 Å². The van der Waals surface area contributed by atoms with Crippen molar-refractivity contribution >= 4 is 0 Å². The third-order valence-electron chi connectivity index (χ3n) is 2.00. The van der Waals surface area contributed by atoms with Gasteiger partial charge in [0.2, 0.25) is 0 Å². The molecule has 88 valence electrons. The summed E-state index contributed by atoms with van der Waals surface area (Å²) in [4.78, 5) is 0. The van der Waals surface area contributed by atoms with Gasteiger partial charge >= 0.3 is 0 Å². The summed E-state index contributed by atoms with van der Waals surface area (Å²) in [5, 5.41) is 0. The monoisotopic (exact) mass is 212 g/mol. The van der Waals surface area contributed by atoms with Crippen LogP contribution >= 0.6 is 0 Å². The van der Waals surface area contributed by atoms with Crippen LogP contribution in [0, 0.1) is 13.8 Å². The summed E-state index contributed by atoms with van der Waals surface area (Å²) in [5.41, 5.74) is 2.43. The summed E-state index contributed by atoms with van der Waals surface area (Å²) in [6.45, 7) is 8.11. The molecule has 1 aromatic carbocycles. The Bertz CT molecular complexity index is 251. The molecule has 0 spiro atoms. The van der Waals surface area contributed by atoms with Crippen molar-refractivity contribution in [2.75, 3.05) is 14.2 Å². The molecule has 0 atom stereocenters. The van der Waals surface area contributed by atoms with Crippen molar-refractivity contribution in [3.05, 3.63) is 23.3 Å². The van der Waals surface area contributed by atoms with Crippen LogP contribution in [-0.2, 0) is 0 Å². The summed E-state index contributed by atoms with van der Waals surface area (Å²) in [6, 6.07) is 3.96. The molecule has 0 radical (unpaired) electrons. The summed E-state index contributed by atoms with van der Waals surface area (Å²) in [6.07, 6.45) is 0. The lowest BCUT2D eigenvalue weighted by Gasteiger charge is -2.09. The Hall–Kier alpha value is -1.18. The molecule has 0 unspecified atom stereocenters. The fourth-order valence-corrected chi connectivity index (χ4v) is 1.08. The first-order valence-electron chi connectivity index (χ1n) is 4.88. The quantitative estimate of drug-likeness (QED) is 0.738. The molecule has 0 heterocycles. The second-order valence-electron chi connectivity index (χ2n) is 2.79. The van der Waals surface area contributed by atoms with Crippen molar-refractivity contribution in [2.24, 2.45) is 0 Å². The van der Waals surface area contributed by atoms with E-state index in [-0.39, 0.29) is 7.43 Å². The molecule has 15 heavy (non-hydrogen) atoms. The average Bonchev–Trinajstić information content (AvgIpc) is 2.24. The van der Waals surface area contributed by atoms with Crippen LogP contribution in [0.15, 0.2) is 12.1 Å². The number of ether oxygens (including phenoxy) is 2. The van der Waals surface area contributed by atoms with Gasteiger partial charge in [-0.1, -0.05) is 21.3 Å². The SMILES string of the molecule is C.CC.COc1cc(C)c(C)cc1OC. The highest BCUT2D eigenvalue weighted by Gasteiger charge is 2.04. The number of hydrogen-bond donors (Lipinski definition) is 0. The van der Waals surface area contributed by atoms with E-state index in [0.717, 1.165) is 11.5 Å². The maximum atomic E-state index is 5.15. The van der Waals surface area contributed by atoms with Crippen LogP contribution in [0.4, 0.5) is 0 Å². The molecular formula is C13H24O2. The van der Waals surface area contributed by atoms with Crippen molar-refractivity contribution in [3.8, 4) is 11.5 Å². The maximum absolute atomic E-state index is 5.15. The Morgan fingerprint density at radius 1 is 0.800 bits per heavy atom. The van der Waals surface area contributed by atoms with E-state index in [0.29, 0.717) is 0 Å². The van der Waals surface area contributed by atoms with Crippen LogP contribution < -0.4 is 9.47 Å². The van der Waals surface area contributed by atoms with E-state index in [1.54, 1.807) is 14.2 Å². The summed E-state index contributed by atoms with van der Waals surface area (Å²) < 4.78 is 10.3. The van der Waals surface area contributed by atoms with Crippen molar-refractivity contribution in [1.82, 2.24) is 0 Å². The zero-order chi connectivity index (χ0) is 11.1. The lowest BCUT2D eigenvalue weighted by molar-refractivity contribution is 0.354. The zero-order valence-electron chi connectivity index (χ0n) is 9.97. The van der Waals surface area contributed by atoms with Crippen LogP contribution in [0.25, 0.3) is 0 Å². The Kier molecular flexibility index (Phi) is 8.84. The Labute approximate surface area is 94.2 Å². The number of hydrogen-bond acceptors (Lipinski definition) is 2. The molecule has 0 aliphatic carbocycles. The third-order valence-corrected chi connectivity index (χ3v) is 2.00. The first kappa shape index (κ1) is 16.3. The van der Waals surface area contributed by atoms with E-state index in [1.807, 2.05) is 26.0 Å². The predicted octanol–water partition coefficient (Wildman–Crippen LogP) is 3.98. The minimum Gasteiger partial charge on any atom is -0.493 e. The van der Waals surface area contributed by atoms with Crippen molar-refractivity contribution in [2.45, 2.75) is 35.1 Å². The summed E-state index contributed by atoms with van der Waals surface area (Å²) in [5.74, 6) is 1.58. The lowest BCUT2D eigenvalue weighted by Crippen LogP contribution is -1.92. The largest absolute Gasteiger partial charge is 0.493 e.